The molecule has 4 nitrogen and oxygen atoms in total. The summed E-state index contributed by atoms with van der Waals surface area (Å²) in [5.74, 6) is -0.0977. The quantitative estimate of drug-likeness (QED) is 0.894. The molecule has 1 N–H and O–H groups in total. The summed E-state index contributed by atoms with van der Waals surface area (Å²) in [6.07, 6.45) is 0. The van der Waals surface area contributed by atoms with Crippen molar-refractivity contribution in [1.82, 2.24) is 9.80 Å². The number of rotatable bonds is 5. The predicted octanol–water partition coefficient (Wildman–Crippen LogP) is 2.09. The van der Waals surface area contributed by atoms with E-state index in [9.17, 15) is 9.90 Å². The van der Waals surface area contributed by atoms with E-state index in [4.69, 9.17) is 0 Å². The van der Waals surface area contributed by atoms with Crippen LogP contribution in [0.2, 0.25) is 0 Å². The molecule has 2 rings (SSSR count). The highest BCUT2D eigenvalue weighted by Gasteiger charge is 2.30. The van der Waals surface area contributed by atoms with E-state index in [1.807, 2.05) is 30.3 Å². The van der Waals surface area contributed by atoms with Crippen LogP contribution in [-0.4, -0.2) is 53.6 Å². The van der Waals surface area contributed by atoms with Crippen molar-refractivity contribution in [2.24, 2.45) is 5.92 Å². The number of hydrogen-bond acceptors (Lipinski definition) is 3. The molecule has 0 saturated carbocycles. The highest BCUT2D eigenvalue weighted by atomic mass is 16.4. The third-order valence-corrected chi connectivity index (χ3v) is 3.74. The first kappa shape index (κ1) is 15.0. The average molecular weight is 276 g/mol. The van der Waals surface area contributed by atoms with Crippen LogP contribution in [0.1, 0.15) is 25.5 Å². The highest BCUT2D eigenvalue weighted by molar-refractivity contribution is 5.75. The zero-order chi connectivity index (χ0) is 14.5. The molecule has 1 atom stereocenters. The molecule has 1 aliphatic rings. The zero-order valence-corrected chi connectivity index (χ0v) is 12.3. The van der Waals surface area contributed by atoms with Gasteiger partial charge in [0.25, 0.3) is 0 Å². The lowest BCUT2D eigenvalue weighted by Crippen LogP contribution is -2.49. The first-order valence-electron chi connectivity index (χ1n) is 7.32. The second-order valence-corrected chi connectivity index (χ2v) is 5.88. The van der Waals surface area contributed by atoms with Crippen LogP contribution >= 0.6 is 0 Å². The van der Waals surface area contributed by atoms with Crippen LogP contribution in [0.25, 0.3) is 0 Å². The Labute approximate surface area is 121 Å². The molecule has 110 valence electrons. The van der Waals surface area contributed by atoms with E-state index >= 15 is 0 Å². The maximum Gasteiger partial charge on any atom is 0.325 e. The average Bonchev–Trinajstić information content (AvgIpc) is 2.41. The molecular formula is C16H24N2O2. The number of aliphatic carboxylic acids is 1. The first-order chi connectivity index (χ1) is 9.58. The molecule has 0 aliphatic carbocycles. The minimum Gasteiger partial charge on any atom is -0.480 e. The maximum absolute atomic E-state index is 11.6. The Kier molecular flexibility index (Phi) is 5.15. The number of piperazine rings is 1. The number of hydrogen-bond donors (Lipinski definition) is 1. The van der Waals surface area contributed by atoms with Crippen molar-refractivity contribution in [2.75, 3.05) is 32.7 Å². The van der Waals surface area contributed by atoms with Crippen molar-refractivity contribution >= 4 is 5.97 Å². The summed E-state index contributed by atoms with van der Waals surface area (Å²) in [5, 5.41) is 9.53. The molecule has 1 fully saturated rings. The number of carboxylic acid groups (broad SMARTS) is 1. The van der Waals surface area contributed by atoms with E-state index in [1.54, 1.807) is 0 Å². The number of carboxylic acids is 1. The van der Waals surface area contributed by atoms with Crippen LogP contribution in [0.15, 0.2) is 30.3 Å². The second-order valence-electron chi connectivity index (χ2n) is 5.88. The van der Waals surface area contributed by atoms with E-state index < -0.39 is 12.0 Å². The first-order valence-corrected chi connectivity index (χ1v) is 7.32. The van der Waals surface area contributed by atoms with E-state index in [1.165, 1.54) is 0 Å². The van der Waals surface area contributed by atoms with Crippen molar-refractivity contribution < 1.29 is 9.90 Å². The fourth-order valence-corrected chi connectivity index (χ4v) is 2.87. The smallest absolute Gasteiger partial charge is 0.325 e. The van der Waals surface area contributed by atoms with E-state index in [0.717, 1.165) is 38.3 Å². The molecule has 0 aromatic heterocycles. The topological polar surface area (TPSA) is 43.8 Å². The third-order valence-electron chi connectivity index (χ3n) is 3.74. The molecule has 0 amide bonds. The van der Waals surface area contributed by atoms with Gasteiger partial charge in [-0.3, -0.25) is 9.69 Å². The molecular weight excluding hydrogens is 252 g/mol. The van der Waals surface area contributed by atoms with Crippen LogP contribution in [-0.2, 0) is 4.79 Å². The molecule has 0 spiro atoms. The predicted molar refractivity (Wildman–Crippen MR) is 79.7 cm³/mol. The van der Waals surface area contributed by atoms with Gasteiger partial charge in [-0.1, -0.05) is 44.2 Å². The lowest BCUT2D eigenvalue weighted by atomic mass is 10.0. The Hall–Kier alpha value is -1.39. The summed E-state index contributed by atoms with van der Waals surface area (Å²) in [4.78, 5) is 16.1. The van der Waals surface area contributed by atoms with Crippen LogP contribution in [0.3, 0.4) is 0 Å². The van der Waals surface area contributed by atoms with Crippen LogP contribution in [0.5, 0.6) is 0 Å². The largest absolute Gasteiger partial charge is 0.480 e. The summed E-state index contributed by atoms with van der Waals surface area (Å²) in [6.45, 7) is 9.07. The Morgan fingerprint density at radius 3 is 2.25 bits per heavy atom. The molecule has 1 aliphatic heterocycles. The van der Waals surface area contributed by atoms with Crippen molar-refractivity contribution in [3.8, 4) is 0 Å². The van der Waals surface area contributed by atoms with Gasteiger partial charge in [-0.2, -0.15) is 0 Å². The molecule has 4 heteroatoms. The van der Waals surface area contributed by atoms with Crippen molar-refractivity contribution in [2.45, 2.75) is 19.9 Å². The van der Waals surface area contributed by atoms with Gasteiger partial charge in [0.2, 0.25) is 0 Å². The Balaban J connectivity index is 2.01. The second kappa shape index (κ2) is 6.86. The van der Waals surface area contributed by atoms with Crippen LogP contribution in [0.4, 0.5) is 0 Å². The van der Waals surface area contributed by atoms with Gasteiger partial charge in [0, 0.05) is 32.7 Å². The van der Waals surface area contributed by atoms with Gasteiger partial charge in [0.05, 0.1) is 0 Å². The minimum atomic E-state index is -0.756. The van der Waals surface area contributed by atoms with Crippen LogP contribution in [0, 0.1) is 5.92 Å². The molecule has 0 radical (unpaired) electrons. The van der Waals surface area contributed by atoms with Gasteiger partial charge in [-0.15, -0.1) is 0 Å². The molecule has 20 heavy (non-hydrogen) atoms. The Morgan fingerprint density at radius 2 is 1.75 bits per heavy atom. The minimum absolute atomic E-state index is 0.516. The van der Waals surface area contributed by atoms with E-state index in [0.29, 0.717) is 5.92 Å². The fraction of sp³-hybridized carbons (Fsp3) is 0.562. The summed E-state index contributed by atoms with van der Waals surface area (Å²) >= 11 is 0. The summed E-state index contributed by atoms with van der Waals surface area (Å²) in [5.41, 5.74) is 0.873. The van der Waals surface area contributed by atoms with Crippen molar-refractivity contribution in [3.63, 3.8) is 0 Å². The molecule has 1 unspecified atom stereocenters. The Morgan fingerprint density at radius 1 is 1.15 bits per heavy atom. The van der Waals surface area contributed by atoms with Crippen molar-refractivity contribution in [3.05, 3.63) is 35.9 Å². The van der Waals surface area contributed by atoms with Gasteiger partial charge in [0.15, 0.2) is 0 Å². The lowest BCUT2D eigenvalue weighted by Gasteiger charge is -2.38. The zero-order valence-electron chi connectivity index (χ0n) is 12.3. The molecule has 1 aromatic rings. The fourth-order valence-electron chi connectivity index (χ4n) is 2.87. The van der Waals surface area contributed by atoms with Gasteiger partial charge in [-0.05, 0) is 11.5 Å². The number of nitrogens with zero attached hydrogens (tertiary/aromatic N) is 2. The molecule has 0 bridgehead atoms. The number of carbonyl (C=O) groups is 1. The van der Waals surface area contributed by atoms with E-state index in [2.05, 4.69) is 23.6 Å². The molecule has 1 heterocycles. The molecule has 1 aromatic carbocycles. The SMILES string of the molecule is CC(C)CN1CCN(C(C(=O)O)c2ccccc2)CC1. The van der Waals surface area contributed by atoms with Crippen molar-refractivity contribution in [1.29, 1.82) is 0 Å². The molecule has 1 saturated heterocycles. The lowest BCUT2D eigenvalue weighted by molar-refractivity contribution is -0.144. The van der Waals surface area contributed by atoms with Gasteiger partial charge in [-0.25, -0.2) is 0 Å². The highest BCUT2D eigenvalue weighted by Crippen LogP contribution is 2.22. The van der Waals surface area contributed by atoms with E-state index in [-0.39, 0.29) is 0 Å². The summed E-state index contributed by atoms with van der Waals surface area (Å²) < 4.78 is 0. The van der Waals surface area contributed by atoms with Gasteiger partial charge in [0.1, 0.15) is 6.04 Å². The monoisotopic (exact) mass is 276 g/mol. The maximum atomic E-state index is 11.6. The number of benzene rings is 1. The summed E-state index contributed by atoms with van der Waals surface area (Å²) in [7, 11) is 0. The van der Waals surface area contributed by atoms with Crippen LogP contribution < -0.4 is 0 Å². The normalized spacial score (nSPS) is 19.1. The Bertz CT molecular complexity index is 425. The van der Waals surface area contributed by atoms with Gasteiger partial charge >= 0.3 is 5.97 Å². The summed E-state index contributed by atoms with van der Waals surface area (Å²) in [6, 6.07) is 9.01. The third kappa shape index (κ3) is 3.81. The standard InChI is InChI=1S/C16H24N2O2/c1-13(2)12-17-8-10-18(11-9-17)15(16(19)20)14-6-4-3-5-7-14/h3-7,13,15H,8-12H2,1-2H3,(H,19,20). The van der Waals surface area contributed by atoms with Gasteiger partial charge < -0.3 is 10.0 Å².